The van der Waals surface area contributed by atoms with Gasteiger partial charge in [0.15, 0.2) is 0 Å². The number of hydrogen-bond donors (Lipinski definition) is 0. The first kappa shape index (κ1) is 37.9. The second-order valence-electron chi connectivity index (χ2n) is 0.274. The molecule has 3 nitrogen and oxygen atoms in total. The summed E-state index contributed by atoms with van der Waals surface area (Å²) in [6, 6.07) is 0. The number of nitrogens with zero attached hydrogens (tertiary/aromatic N) is 3. The van der Waals surface area contributed by atoms with E-state index >= 15 is 0 Å². The maximum absolute atomic E-state index is 7.13. The summed E-state index contributed by atoms with van der Waals surface area (Å²) < 4.78 is 0. The minimum atomic E-state index is 0. The van der Waals surface area contributed by atoms with E-state index in [4.69, 9.17) is 16.2 Å². The molecule has 0 saturated heterocycles. The monoisotopic (exact) mass is 195 g/mol. The van der Waals surface area contributed by atoms with Gasteiger partial charge in [0.1, 0.15) is 0 Å². The Morgan fingerprint density at radius 1 is 0.583 bits per heavy atom. The predicted octanol–water partition coefficient (Wildman–Crippen LogP) is -7.01. The van der Waals surface area contributed by atoms with Crippen LogP contribution in [0, 0.1) is 0 Å². The van der Waals surface area contributed by atoms with Crippen molar-refractivity contribution in [3.63, 3.8) is 0 Å². The molecular weight excluding hydrogens is 195 g/mol. The van der Waals surface area contributed by atoms with E-state index in [1.54, 1.807) is 0 Å². The third kappa shape index (κ3) is 818. The molecule has 0 rings (SSSR count). The van der Waals surface area contributed by atoms with Crippen LogP contribution in [0.1, 0.15) is 0 Å². The summed E-state index contributed by atoms with van der Waals surface area (Å²) in [5, 5.41) is 25.4. The van der Waals surface area contributed by atoms with Crippen molar-refractivity contribution < 1.29 is 56.6 Å². The average molecular weight is 195 g/mol. The van der Waals surface area contributed by atoms with Gasteiger partial charge in [0.2, 0.25) is 0 Å². The van der Waals surface area contributed by atoms with E-state index in [1.165, 1.54) is 15.5 Å². The fourth-order valence-corrected chi connectivity index (χ4v) is 0. The molecule has 0 saturated carbocycles. The summed E-state index contributed by atoms with van der Waals surface area (Å²) in [4.78, 5) is 0. The van der Waals surface area contributed by atoms with E-state index in [0.717, 1.165) is 0 Å². The molecule has 0 aromatic heterocycles. The van der Waals surface area contributed by atoms with Crippen molar-refractivity contribution in [3.8, 4) is 0 Å². The van der Waals surface area contributed by atoms with Gasteiger partial charge in [-0.2, -0.15) is 15.5 Å². The Kier molecular flexibility index (Phi) is 275. The van der Waals surface area contributed by atoms with Crippen LogP contribution >= 0.6 is 36.7 Å². The van der Waals surface area contributed by atoms with Crippen LogP contribution < -0.4 is 56.6 Å². The number of rotatable bonds is 0. The van der Waals surface area contributed by atoms with Crippen LogP contribution in [-0.4, -0.2) is 15.5 Å². The Hall–Kier alpha value is 1.19. The molecule has 9 heteroatoms. The smallest absolute Gasteiger partial charge is 0.753 e. The quantitative estimate of drug-likeness (QED) is 0.219. The fraction of sp³-hybridized carbons (Fsp3) is 0. The molecular formula is C3Li3N3S3. The standard InChI is InChI=1S/3CNS.3Li/c3*2-1-3;;;/q3*-1;3*+1. The Morgan fingerprint density at radius 3 is 0.583 bits per heavy atom. The fourth-order valence-electron chi connectivity index (χ4n) is 0. The van der Waals surface area contributed by atoms with E-state index in [-0.39, 0.29) is 56.6 Å². The van der Waals surface area contributed by atoms with Gasteiger partial charge >= 0.3 is 56.6 Å². The average Bonchev–Trinajstić information content (AvgIpc) is 1.70. The molecule has 0 fully saturated rings. The molecule has 0 aliphatic carbocycles. The van der Waals surface area contributed by atoms with Gasteiger partial charge < -0.3 is 16.2 Å². The zero-order valence-electron chi connectivity index (χ0n) is 7.07. The molecule has 0 atom stereocenters. The van der Waals surface area contributed by atoms with E-state index in [9.17, 15) is 0 Å². The minimum absolute atomic E-state index is 0. The first-order valence-electron chi connectivity index (χ1n) is 1.28. The van der Waals surface area contributed by atoms with Crippen molar-refractivity contribution in [2.45, 2.75) is 0 Å². The predicted molar refractivity (Wildman–Crippen MR) is 47.9 cm³/mol. The Morgan fingerprint density at radius 2 is 0.583 bits per heavy atom. The molecule has 0 aromatic rings. The van der Waals surface area contributed by atoms with Crippen LogP contribution in [0.15, 0.2) is 0 Å². The molecule has 0 spiro atoms. The third-order valence-electron chi connectivity index (χ3n) is 0. The second-order valence-corrected chi connectivity index (χ2v) is 0.822. The Labute approximate surface area is 124 Å². The minimum Gasteiger partial charge on any atom is -0.753 e. The van der Waals surface area contributed by atoms with Gasteiger partial charge in [-0.1, -0.05) is 36.7 Å². The molecule has 12 heavy (non-hydrogen) atoms. The van der Waals surface area contributed by atoms with Crippen molar-refractivity contribution in [2.24, 2.45) is 0 Å². The van der Waals surface area contributed by atoms with Gasteiger partial charge in [0, 0.05) is 0 Å². The SMILES string of the molecule is [Li+].[Li+].[Li+].[N-]=C=S.[N-]=C=S.[N-]=C=S. The van der Waals surface area contributed by atoms with E-state index in [2.05, 4.69) is 36.7 Å². The van der Waals surface area contributed by atoms with Gasteiger partial charge in [-0.3, -0.25) is 0 Å². The number of isothiocyanates is 3. The maximum atomic E-state index is 7.13. The van der Waals surface area contributed by atoms with Crippen LogP contribution in [0.4, 0.5) is 0 Å². The number of hydrogen-bond acceptors (Lipinski definition) is 3. The Balaban J connectivity index is -0.00000001000. The molecule has 0 N–H and O–H groups in total. The zero-order chi connectivity index (χ0) is 8.12. The van der Waals surface area contributed by atoms with Gasteiger partial charge in [0.05, 0.1) is 0 Å². The van der Waals surface area contributed by atoms with Crippen molar-refractivity contribution in [2.75, 3.05) is 0 Å². The summed E-state index contributed by atoms with van der Waals surface area (Å²) in [5.74, 6) is 0. The molecule has 0 aliphatic rings. The van der Waals surface area contributed by atoms with Crippen molar-refractivity contribution in [3.05, 3.63) is 16.2 Å². The zero-order valence-corrected chi connectivity index (χ0v) is 9.52. The largest absolute Gasteiger partial charge is 1.00 e. The molecule has 0 bridgehead atoms. The molecule has 0 aliphatic heterocycles. The van der Waals surface area contributed by atoms with E-state index in [0.29, 0.717) is 0 Å². The van der Waals surface area contributed by atoms with Gasteiger partial charge in [-0.05, 0) is 0 Å². The molecule has 0 amide bonds. The van der Waals surface area contributed by atoms with E-state index < -0.39 is 0 Å². The van der Waals surface area contributed by atoms with Crippen molar-refractivity contribution in [1.29, 1.82) is 0 Å². The molecule has 0 unspecified atom stereocenters. The first-order valence-corrected chi connectivity index (χ1v) is 2.51. The topological polar surface area (TPSA) is 66.9 Å². The van der Waals surface area contributed by atoms with Crippen molar-refractivity contribution in [1.82, 2.24) is 0 Å². The first-order chi connectivity index (χ1) is 4.24. The molecule has 0 aromatic carbocycles. The number of thiocarbonyl (C=S) groups is 3. The van der Waals surface area contributed by atoms with Gasteiger partial charge in [0.25, 0.3) is 0 Å². The van der Waals surface area contributed by atoms with Gasteiger partial charge in [-0.25, -0.2) is 0 Å². The second kappa shape index (κ2) is 86.9. The summed E-state index contributed by atoms with van der Waals surface area (Å²) in [7, 11) is 0. The maximum Gasteiger partial charge on any atom is 1.00 e. The Bertz CT molecular complexity index is 116. The molecule has 0 heterocycles. The third-order valence-corrected chi connectivity index (χ3v) is 0. The van der Waals surface area contributed by atoms with Gasteiger partial charge in [-0.15, -0.1) is 0 Å². The molecule has 48 valence electrons. The van der Waals surface area contributed by atoms with Crippen LogP contribution in [-0.2, 0) is 0 Å². The van der Waals surface area contributed by atoms with Crippen LogP contribution in [0.2, 0.25) is 0 Å². The van der Waals surface area contributed by atoms with Crippen LogP contribution in [0.5, 0.6) is 0 Å². The summed E-state index contributed by atoms with van der Waals surface area (Å²) in [5.41, 5.74) is 0. The molecule has 0 radical (unpaired) electrons. The van der Waals surface area contributed by atoms with Crippen LogP contribution in [0.3, 0.4) is 0 Å². The summed E-state index contributed by atoms with van der Waals surface area (Å²) in [6.45, 7) is 0. The summed E-state index contributed by atoms with van der Waals surface area (Å²) in [6.07, 6.45) is 0. The van der Waals surface area contributed by atoms with Crippen molar-refractivity contribution >= 4 is 52.1 Å². The van der Waals surface area contributed by atoms with Crippen LogP contribution in [0.25, 0.3) is 16.2 Å². The summed E-state index contributed by atoms with van der Waals surface area (Å²) >= 11 is 11.1. The normalized spacial score (nSPS) is 2.00. The van der Waals surface area contributed by atoms with E-state index in [1.807, 2.05) is 0 Å².